The minimum atomic E-state index is -0.257. The van der Waals surface area contributed by atoms with Crippen LogP contribution >= 0.6 is 0 Å². The van der Waals surface area contributed by atoms with Gasteiger partial charge in [-0.3, -0.25) is 14.4 Å². The molecule has 0 aromatic carbocycles. The highest BCUT2D eigenvalue weighted by Crippen LogP contribution is 2.46. The quantitative estimate of drug-likeness (QED) is 0.740. The van der Waals surface area contributed by atoms with Gasteiger partial charge in [-0.05, 0) is 19.3 Å². The zero-order valence-electron chi connectivity index (χ0n) is 14.5. The smallest absolute Gasteiger partial charge is 0.229 e. The largest absolute Gasteiger partial charge is 0.385 e. The van der Waals surface area contributed by atoms with Gasteiger partial charge < -0.3 is 19.9 Å². The van der Waals surface area contributed by atoms with Gasteiger partial charge in [-0.2, -0.15) is 0 Å². The van der Waals surface area contributed by atoms with Crippen molar-refractivity contribution in [2.45, 2.75) is 38.1 Å². The van der Waals surface area contributed by atoms with Gasteiger partial charge in [-0.25, -0.2) is 0 Å². The topological polar surface area (TPSA) is 79.0 Å². The van der Waals surface area contributed by atoms with E-state index < -0.39 is 0 Å². The van der Waals surface area contributed by atoms with Crippen LogP contribution in [0.4, 0.5) is 0 Å². The van der Waals surface area contributed by atoms with Crippen LogP contribution in [0.15, 0.2) is 0 Å². The fourth-order valence-corrected chi connectivity index (χ4v) is 4.09. The Balaban J connectivity index is 1.53. The number of hydrogen-bond acceptors (Lipinski definition) is 4. The maximum atomic E-state index is 12.8. The van der Waals surface area contributed by atoms with E-state index in [1.54, 1.807) is 19.1 Å². The summed E-state index contributed by atoms with van der Waals surface area (Å²) in [5.74, 6) is -0.0898. The second-order valence-electron chi connectivity index (χ2n) is 7.30. The van der Waals surface area contributed by atoms with Crippen LogP contribution in [0.2, 0.25) is 0 Å². The van der Waals surface area contributed by atoms with Crippen molar-refractivity contribution in [2.75, 3.05) is 40.4 Å². The fraction of sp³-hybridized carbons (Fsp3) is 0.824. The molecule has 0 aromatic heterocycles. The first-order valence-corrected chi connectivity index (χ1v) is 8.80. The van der Waals surface area contributed by atoms with Gasteiger partial charge in [0.2, 0.25) is 17.7 Å². The molecule has 1 atom stereocenters. The molecule has 24 heavy (non-hydrogen) atoms. The van der Waals surface area contributed by atoms with Crippen LogP contribution in [0, 0.1) is 11.3 Å². The molecule has 2 saturated heterocycles. The minimum absolute atomic E-state index is 0.0263. The van der Waals surface area contributed by atoms with Crippen LogP contribution in [0.25, 0.3) is 0 Å². The van der Waals surface area contributed by atoms with Crippen molar-refractivity contribution < 1.29 is 19.1 Å². The Morgan fingerprint density at radius 2 is 2.00 bits per heavy atom. The van der Waals surface area contributed by atoms with Gasteiger partial charge in [0.1, 0.15) is 0 Å². The molecular formula is C17H27N3O4. The molecule has 1 saturated carbocycles. The summed E-state index contributed by atoms with van der Waals surface area (Å²) < 4.78 is 5.15. The summed E-state index contributed by atoms with van der Waals surface area (Å²) in [6, 6.07) is 0.0654. The van der Waals surface area contributed by atoms with Gasteiger partial charge in [0.25, 0.3) is 0 Å². The van der Waals surface area contributed by atoms with Crippen molar-refractivity contribution >= 4 is 17.7 Å². The Labute approximate surface area is 142 Å². The van der Waals surface area contributed by atoms with E-state index in [2.05, 4.69) is 5.32 Å². The van der Waals surface area contributed by atoms with Gasteiger partial charge in [-0.15, -0.1) is 0 Å². The van der Waals surface area contributed by atoms with E-state index in [9.17, 15) is 14.4 Å². The number of likely N-dealkylation sites (tertiary alicyclic amines) is 2. The first-order chi connectivity index (χ1) is 11.5. The fourth-order valence-electron chi connectivity index (χ4n) is 4.09. The molecule has 0 radical (unpaired) electrons. The Kier molecular flexibility index (Phi) is 4.80. The molecule has 2 aliphatic heterocycles. The molecule has 1 N–H and O–H groups in total. The van der Waals surface area contributed by atoms with Crippen LogP contribution in [0.5, 0.6) is 0 Å². The third-order valence-electron chi connectivity index (χ3n) is 5.91. The summed E-state index contributed by atoms with van der Waals surface area (Å²) >= 11 is 0. The van der Waals surface area contributed by atoms with Crippen molar-refractivity contribution in [1.29, 1.82) is 0 Å². The van der Waals surface area contributed by atoms with E-state index in [1.165, 1.54) is 0 Å². The number of amides is 3. The average Bonchev–Trinajstić information content (AvgIpc) is 2.86. The van der Waals surface area contributed by atoms with E-state index in [1.807, 2.05) is 4.90 Å². The highest BCUT2D eigenvalue weighted by atomic mass is 16.5. The Morgan fingerprint density at radius 1 is 1.29 bits per heavy atom. The van der Waals surface area contributed by atoms with Crippen LogP contribution in [0.3, 0.4) is 0 Å². The third-order valence-corrected chi connectivity index (χ3v) is 5.91. The number of methoxy groups -OCH3 is 1. The Bertz CT molecular complexity index is 526. The summed E-state index contributed by atoms with van der Waals surface area (Å²) in [5, 5.41) is 2.61. The Morgan fingerprint density at radius 3 is 2.54 bits per heavy atom. The number of nitrogens with one attached hydrogen (secondary N) is 1. The van der Waals surface area contributed by atoms with Gasteiger partial charge in [0, 0.05) is 46.8 Å². The summed E-state index contributed by atoms with van der Waals surface area (Å²) in [6.07, 6.45) is 4.05. The molecule has 0 spiro atoms. The van der Waals surface area contributed by atoms with Crippen LogP contribution < -0.4 is 5.32 Å². The normalized spacial score (nSPS) is 26.1. The minimum Gasteiger partial charge on any atom is -0.385 e. The summed E-state index contributed by atoms with van der Waals surface area (Å²) in [5.41, 5.74) is -0.235. The van der Waals surface area contributed by atoms with Crippen molar-refractivity contribution in [3.63, 3.8) is 0 Å². The van der Waals surface area contributed by atoms with Crippen molar-refractivity contribution in [2.24, 2.45) is 11.3 Å². The number of rotatable bonds is 6. The number of ether oxygens (including phenoxy) is 1. The molecule has 1 aliphatic carbocycles. The maximum Gasteiger partial charge on any atom is 0.229 e. The monoisotopic (exact) mass is 337 g/mol. The molecule has 2 heterocycles. The maximum absolute atomic E-state index is 12.8. The van der Waals surface area contributed by atoms with Crippen LogP contribution in [0.1, 0.15) is 32.1 Å². The lowest BCUT2D eigenvalue weighted by atomic mass is 9.65. The van der Waals surface area contributed by atoms with Gasteiger partial charge in [-0.1, -0.05) is 6.42 Å². The van der Waals surface area contributed by atoms with Crippen molar-refractivity contribution in [3.05, 3.63) is 0 Å². The molecule has 134 valence electrons. The van der Waals surface area contributed by atoms with Gasteiger partial charge >= 0.3 is 0 Å². The molecule has 0 aromatic rings. The van der Waals surface area contributed by atoms with E-state index in [0.717, 1.165) is 25.7 Å². The van der Waals surface area contributed by atoms with Crippen LogP contribution in [-0.2, 0) is 19.1 Å². The second kappa shape index (κ2) is 6.70. The lowest BCUT2D eigenvalue weighted by Crippen LogP contribution is -2.64. The summed E-state index contributed by atoms with van der Waals surface area (Å²) in [6.45, 7) is 2.28. The molecule has 3 rings (SSSR count). The molecular weight excluding hydrogens is 310 g/mol. The lowest BCUT2D eigenvalue weighted by Gasteiger charge is -2.50. The van der Waals surface area contributed by atoms with Crippen LogP contribution in [-0.4, -0.2) is 74.0 Å². The number of hydrogen-bond donors (Lipinski definition) is 1. The predicted octanol–water partition coefficient (Wildman–Crippen LogP) is -0.00150. The zero-order chi connectivity index (χ0) is 17.3. The van der Waals surface area contributed by atoms with E-state index >= 15 is 0 Å². The Hall–Kier alpha value is -1.63. The average molecular weight is 337 g/mol. The van der Waals surface area contributed by atoms with Gasteiger partial charge in [0.15, 0.2) is 0 Å². The van der Waals surface area contributed by atoms with Crippen molar-refractivity contribution in [3.8, 4) is 0 Å². The number of nitrogens with zero attached hydrogens (tertiary/aromatic N) is 2. The number of carbonyl (C=O) groups is 3. The number of carbonyl (C=O) groups excluding carboxylic acids is 3. The third kappa shape index (κ3) is 2.90. The molecule has 3 amide bonds. The highest BCUT2D eigenvalue weighted by Gasteiger charge is 2.50. The van der Waals surface area contributed by atoms with E-state index in [-0.39, 0.29) is 41.5 Å². The molecule has 3 aliphatic rings. The molecule has 7 nitrogen and oxygen atoms in total. The molecule has 0 bridgehead atoms. The lowest BCUT2D eigenvalue weighted by molar-refractivity contribution is -0.159. The van der Waals surface area contributed by atoms with E-state index in [4.69, 9.17) is 4.74 Å². The van der Waals surface area contributed by atoms with Crippen molar-refractivity contribution in [1.82, 2.24) is 15.1 Å². The summed E-state index contributed by atoms with van der Waals surface area (Å²) in [4.78, 5) is 40.3. The van der Waals surface area contributed by atoms with Gasteiger partial charge in [0.05, 0.1) is 17.4 Å². The van der Waals surface area contributed by atoms with E-state index in [0.29, 0.717) is 26.2 Å². The summed E-state index contributed by atoms with van der Waals surface area (Å²) in [7, 11) is 3.26. The standard InChI is InChI=1S/C17H27N3O4/c1-18-15(22)12-8-14(21)20(9-12)13-10-19(11-13)16(23)17(4-3-5-17)6-7-24-2/h12-13H,3-11H2,1-2H3,(H,18,22). The first kappa shape index (κ1) is 17.2. The SMILES string of the molecule is CNC(=O)C1CC(=O)N(C2CN(C(=O)C3(CCOC)CCC3)C2)C1. The first-order valence-electron chi connectivity index (χ1n) is 8.80. The predicted molar refractivity (Wildman–Crippen MR) is 87.0 cm³/mol. The molecule has 1 unspecified atom stereocenters. The zero-order valence-corrected chi connectivity index (χ0v) is 14.5. The highest BCUT2D eigenvalue weighted by molar-refractivity contribution is 5.90. The molecule has 3 fully saturated rings. The second-order valence-corrected chi connectivity index (χ2v) is 7.30. The molecule has 7 heteroatoms.